The molecule has 0 aliphatic rings. The third-order valence-electron chi connectivity index (χ3n) is 11.5. The fraction of sp³-hybridized carbons (Fsp3) is 0.0526. The summed E-state index contributed by atoms with van der Waals surface area (Å²) in [6, 6.07) is 66.5. The zero-order valence-electron chi connectivity index (χ0n) is 35.8. The van der Waals surface area contributed by atoms with E-state index in [4.69, 9.17) is 9.40 Å². The third-order valence-corrected chi connectivity index (χ3v) is 15.7. The number of rotatable bonds is 7. The zero-order valence-corrected chi connectivity index (χ0v) is 40.3. The number of hydrogen-bond donors (Lipinski definition) is 0. The van der Waals surface area contributed by atoms with E-state index in [0.717, 1.165) is 77.7 Å². The molecule has 3 heterocycles. The van der Waals surface area contributed by atoms with E-state index in [1.807, 2.05) is 85.1 Å². The van der Waals surface area contributed by atoms with Gasteiger partial charge in [-0.1, -0.05) is 89.8 Å². The Hall–Kier alpha value is -6.77. The quantitative estimate of drug-likeness (QED) is 0.118. The van der Waals surface area contributed by atoms with Crippen molar-refractivity contribution in [3.05, 3.63) is 218 Å². The van der Waals surface area contributed by atoms with Crippen LogP contribution in [0.25, 0.3) is 94.7 Å². The first-order valence-corrected chi connectivity index (χ1v) is 28.5. The van der Waals surface area contributed by atoms with Crippen molar-refractivity contribution in [3.63, 3.8) is 0 Å². The van der Waals surface area contributed by atoms with Crippen LogP contribution in [-0.4, -0.2) is 27.8 Å². The number of aromatic nitrogens is 3. The maximum Gasteiger partial charge on any atom is 0 e. The standard InChI is InChI=1S/C43H25F2N2O.C14H16GeN.Ir/c44-32-20-16-28(17-21-32)31-25-37(29-18-22-33(45)23-19-29)41-35-12-7-13-36(42(35)48-40(41)26-31)43-46-38-14-4-5-15-39(38)47(43)34-11-6-10-30(24-34)27-8-2-1-3-9-27;1-15(2,3)13-9-10-14(16-11-13)12-7-5-4-6-8-12;/h1-12,14-26H;4-7,9-11H,1-3H3;/q2*-1;. The number of halogens is 2. The molecule has 65 heavy (non-hydrogen) atoms. The molecule has 1 radical (unpaired) electrons. The molecule has 11 rings (SSSR count). The van der Waals surface area contributed by atoms with Gasteiger partial charge in [-0.2, -0.15) is 0 Å². The van der Waals surface area contributed by atoms with Crippen molar-refractivity contribution in [2.24, 2.45) is 0 Å². The first-order chi connectivity index (χ1) is 31.2. The maximum atomic E-state index is 14.1. The van der Waals surface area contributed by atoms with E-state index >= 15 is 0 Å². The Morgan fingerprint density at radius 2 is 1.28 bits per heavy atom. The molecule has 8 heteroatoms. The molecule has 0 amide bonds. The van der Waals surface area contributed by atoms with Gasteiger partial charge in [0, 0.05) is 31.2 Å². The van der Waals surface area contributed by atoms with Crippen LogP contribution in [0.1, 0.15) is 0 Å². The number of pyridine rings is 1. The molecule has 0 aliphatic heterocycles. The van der Waals surface area contributed by atoms with E-state index in [9.17, 15) is 8.78 Å². The maximum absolute atomic E-state index is 14.1. The minimum absolute atomic E-state index is 0. The van der Waals surface area contributed by atoms with Crippen molar-refractivity contribution in [1.29, 1.82) is 0 Å². The van der Waals surface area contributed by atoms with Crippen LogP contribution in [0.5, 0.6) is 0 Å². The predicted molar refractivity (Wildman–Crippen MR) is 260 cm³/mol. The number of benzene rings is 8. The summed E-state index contributed by atoms with van der Waals surface area (Å²) in [7, 11) is 0. The van der Waals surface area contributed by atoms with Crippen LogP contribution in [0.15, 0.2) is 199 Å². The predicted octanol–water partition coefficient (Wildman–Crippen LogP) is 14.8. The summed E-state index contributed by atoms with van der Waals surface area (Å²) in [6.45, 7) is 0. The second kappa shape index (κ2) is 18.4. The van der Waals surface area contributed by atoms with Crippen molar-refractivity contribution in [1.82, 2.24) is 14.5 Å². The summed E-state index contributed by atoms with van der Waals surface area (Å²) in [6.07, 6.45) is 2.04. The summed E-state index contributed by atoms with van der Waals surface area (Å²) >= 11 is -1.72. The van der Waals surface area contributed by atoms with Crippen LogP contribution in [-0.2, 0) is 20.1 Å². The van der Waals surface area contributed by atoms with Gasteiger partial charge < -0.3 is 8.98 Å². The Morgan fingerprint density at radius 3 is 1.98 bits per heavy atom. The number of nitrogens with zero attached hydrogens (tertiary/aromatic N) is 3. The van der Waals surface area contributed by atoms with Crippen molar-refractivity contribution in [2.75, 3.05) is 0 Å². The van der Waals surface area contributed by atoms with Gasteiger partial charge in [0.2, 0.25) is 0 Å². The van der Waals surface area contributed by atoms with E-state index in [0.29, 0.717) is 17.0 Å². The molecule has 0 fully saturated rings. The SMILES string of the molecule is Fc1ccc(-c2cc(-c3ccc(F)cc3)c3c(c2)oc2c(-c4nc5ccccc5n4-c4cccc(-c5ccccc5)c4)[c-]ccc23)cc1.[CH3][Ge]([CH3])([CH3])[c]1ccc(-c2[c-]cccc2)nc1.[Ir]. The molecule has 319 valence electrons. The summed E-state index contributed by atoms with van der Waals surface area (Å²) in [5.41, 5.74) is 12.5. The first kappa shape index (κ1) is 43.5. The Balaban J connectivity index is 0.000000266. The number of imidazole rings is 1. The van der Waals surface area contributed by atoms with Crippen LogP contribution in [0, 0.1) is 23.8 Å². The third kappa shape index (κ3) is 8.88. The molecule has 3 aromatic heterocycles. The zero-order chi connectivity index (χ0) is 43.8. The molecule has 0 spiro atoms. The number of para-hydroxylation sites is 2. The number of hydrogen-bond acceptors (Lipinski definition) is 3. The second-order valence-corrected chi connectivity index (χ2v) is 27.4. The van der Waals surface area contributed by atoms with Crippen LogP contribution in [0.3, 0.4) is 0 Å². The Labute approximate surface area is 393 Å². The van der Waals surface area contributed by atoms with Crippen molar-refractivity contribution < 1.29 is 33.3 Å². The van der Waals surface area contributed by atoms with Crippen LogP contribution < -0.4 is 4.40 Å². The Kier molecular flexibility index (Phi) is 12.3. The van der Waals surface area contributed by atoms with Gasteiger partial charge in [-0.25, -0.2) is 8.78 Å². The summed E-state index contributed by atoms with van der Waals surface area (Å²) in [5.74, 6) is 7.23. The molecule has 8 aromatic carbocycles. The van der Waals surface area contributed by atoms with Crippen molar-refractivity contribution in [2.45, 2.75) is 17.3 Å². The topological polar surface area (TPSA) is 43.9 Å². The smallest absolute Gasteiger partial charge is 0 e. The van der Waals surface area contributed by atoms with Gasteiger partial charge in [-0.3, -0.25) is 4.98 Å². The van der Waals surface area contributed by atoms with E-state index < -0.39 is 13.3 Å². The Bertz CT molecular complexity index is 3420. The molecule has 0 saturated carbocycles. The van der Waals surface area contributed by atoms with Gasteiger partial charge in [0.25, 0.3) is 0 Å². The van der Waals surface area contributed by atoms with Crippen molar-refractivity contribution >= 4 is 50.6 Å². The number of fused-ring (bicyclic) bond motifs is 4. The van der Waals surface area contributed by atoms with Gasteiger partial charge in [0.1, 0.15) is 17.2 Å². The largest absolute Gasteiger partial charge is 0 e. The molecule has 0 unspecified atom stereocenters. The molecular weight excluding hydrogens is 1050 g/mol. The second-order valence-electron chi connectivity index (χ2n) is 16.7. The fourth-order valence-electron chi connectivity index (χ4n) is 8.16. The molecule has 0 bridgehead atoms. The molecule has 4 nitrogen and oxygen atoms in total. The molecule has 0 saturated heterocycles. The molecular formula is C57H41F2GeIrN3O-2. The summed E-state index contributed by atoms with van der Waals surface area (Å²) in [4.78, 5) is 9.67. The number of furan rings is 1. The van der Waals surface area contributed by atoms with Gasteiger partial charge in [-0.05, 0) is 94.0 Å². The van der Waals surface area contributed by atoms with E-state index in [1.54, 1.807) is 24.3 Å². The van der Waals surface area contributed by atoms with Crippen molar-refractivity contribution in [3.8, 4) is 61.7 Å². The van der Waals surface area contributed by atoms with E-state index in [-0.39, 0.29) is 31.7 Å². The molecule has 0 aliphatic carbocycles. The minimum Gasteiger partial charge on any atom is 0 e. The minimum atomic E-state index is -1.72. The normalized spacial score (nSPS) is 11.3. The summed E-state index contributed by atoms with van der Waals surface area (Å²) < 4.78 is 38.3. The van der Waals surface area contributed by atoms with E-state index in [2.05, 4.69) is 99.6 Å². The van der Waals surface area contributed by atoms with Crippen LogP contribution in [0.4, 0.5) is 8.78 Å². The average molecular weight is 1090 g/mol. The Morgan fingerprint density at radius 1 is 0.585 bits per heavy atom. The van der Waals surface area contributed by atoms with Gasteiger partial charge in [0.05, 0.1) is 22.4 Å². The van der Waals surface area contributed by atoms with Gasteiger partial charge >= 0.3 is 99.8 Å². The molecule has 11 aromatic rings. The molecule has 0 N–H and O–H groups in total. The van der Waals surface area contributed by atoms with Crippen LogP contribution >= 0.6 is 0 Å². The fourth-order valence-corrected chi connectivity index (χ4v) is 10.3. The molecule has 0 atom stereocenters. The first-order valence-electron chi connectivity index (χ1n) is 21.2. The van der Waals surface area contributed by atoms with E-state index in [1.165, 1.54) is 28.7 Å². The van der Waals surface area contributed by atoms with Gasteiger partial charge in [-0.15, -0.1) is 18.2 Å². The average Bonchev–Trinajstić information content (AvgIpc) is 3.92. The summed E-state index contributed by atoms with van der Waals surface area (Å²) in [5, 5.41) is 1.78. The van der Waals surface area contributed by atoms with Gasteiger partial charge in [0.15, 0.2) is 0 Å². The monoisotopic (exact) mass is 1090 g/mol. The van der Waals surface area contributed by atoms with Crippen LogP contribution in [0.2, 0.25) is 17.3 Å².